The van der Waals surface area contributed by atoms with E-state index >= 15 is 0 Å². The van der Waals surface area contributed by atoms with Crippen LogP contribution in [0.4, 0.5) is 0 Å². The zero-order chi connectivity index (χ0) is 18.2. The molecule has 1 aromatic carbocycles. The van der Waals surface area contributed by atoms with Gasteiger partial charge in [0.1, 0.15) is 0 Å². The van der Waals surface area contributed by atoms with Crippen LogP contribution >= 0.6 is 0 Å². The fourth-order valence-corrected chi connectivity index (χ4v) is 2.99. The minimum absolute atomic E-state index is 0.110. The predicted molar refractivity (Wildman–Crippen MR) is 96.8 cm³/mol. The topological polar surface area (TPSA) is 71.9 Å². The van der Waals surface area contributed by atoms with E-state index in [0.29, 0.717) is 50.7 Å². The Hall–Kier alpha value is -2.28. The monoisotopic (exact) mass is 356 g/mol. The van der Waals surface area contributed by atoms with Crippen LogP contribution in [0.25, 0.3) is 0 Å². The summed E-state index contributed by atoms with van der Waals surface area (Å²) in [7, 11) is 0. The van der Waals surface area contributed by atoms with Crippen LogP contribution in [0, 0.1) is 0 Å². The van der Waals surface area contributed by atoms with E-state index in [0.717, 1.165) is 5.56 Å². The number of aromatic nitrogens is 1. The van der Waals surface area contributed by atoms with Crippen molar-refractivity contribution in [1.82, 2.24) is 9.88 Å². The molecule has 0 radical (unpaired) electrons. The molecule has 0 saturated carbocycles. The van der Waals surface area contributed by atoms with Crippen LogP contribution in [0.15, 0.2) is 48.7 Å². The van der Waals surface area contributed by atoms with Crippen LogP contribution < -0.4 is 0 Å². The van der Waals surface area contributed by atoms with E-state index in [1.807, 2.05) is 30.3 Å². The van der Waals surface area contributed by atoms with Crippen LogP contribution in [0.5, 0.6) is 0 Å². The van der Waals surface area contributed by atoms with Crippen molar-refractivity contribution in [2.45, 2.75) is 19.1 Å². The molecule has 1 aromatic heterocycles. The number of hydrogen-bond donors (Lipinski definition) is 1. The standard InChI is InChI=1S/C20H24N2O4/c23-13-17-15-26-12-10-22(17)20(24)18-7-4-9-21-19(18)8-11-25-14-16-5-2-1-3-6-16/h1-7,9,17,23H,8,10-15H2/t17-/m1/s1. The van der Waals surface area contributed by atoms with Gasteiger partial charge in [-0.15, -0.1) is 0 Å². The van der Waals surface area contributed by atoms with Gasteiger partial charge in [-0.1, -0.05) is 30.3 Å². The number of carbonyl (C=O) groups is 1. The number of hydrogen-bond acceptors (Lipinski definition) is 5. The zero-order valence-corrected chi connectivity index (χ0v) is 14.7. The summed E-state index contributed by atoms with van der Waals surface area (Å²) in [6.07, 6.45) is 2.25. The highest BCUT2D eigenvalue weighted by molar-refractivity contribution is 5.95. The maximum atomic E-state index is 12.9. The van der Waals surface area contributed by atoms with E-state index < -0.39 is 0 Å². The lowest BCUT2D eigenvalue weighted by molar-refractivity contribution is -0.0184. The molecule has 0 bridgehead atoms. The number of nitrogens with zero attached hydrogens (tertiary/aromatic N) is 2. The van der Waals surface area contributed by atoms with Gasteiger partial charge in [0.25, 0.3) is 5.91 Å². The fourth-order valence-electron chi connectivity index (χ4n) is 2.99. The second-order valence-corrected chi connectivity index (χ2v) is 6.20. The summed E-state index contributed by atoms with van der Waals surface area (Å²) in [5.74, 6) is -0.112. The van der Waals surface area contributed by atoms with Gasteiger partial charge in [0, 0.05) is 19.2 Å². The number of benzene rings is 1. The molecule has 0 spiro atoms. The van der Waals surface area contributed by atoms with Gasteiger partial charge < -0.3 is 19.5 Å². The van der Waals surface area contributed by atoms with Crippen molar-refractivity contribution in [1.29, 1.82) is 0 Å². The third-order valence-corrected chi connectivity index (χ3v) is 4.41. The van der Waals surface area contributed by atoms with Crippen molar-refractivity contribution in [3.05, 3.63) is 65.5 Å². The van der Waals surface area contributed by atoms with E-state index in [2.05, 4.69) is 4.98 Å². The van der Waals surface area contributed by atoms with Gasteiger partial charge in [0.15, 0.2) is 0 Å². The van der Waals surface area contributed by atoms with Crippen molar-refractivity contribution >= 4 is 5.91 Å². The number of carbonyl (C=O) groups excluding carboxylic acids is 1. The molecule has 2 heterocycles. The maximum Gasteiger partial charge on any atom is 0.256 e. The SMILES string of the molecule is O=C(c1cccnc1CCOCc1ccccc1)N1CCOC[C@H]1CO. The first-order valence-corrected chi connectivity index (χ1v) is 8.84. The van der Waals surface area contributed by atoms with Gasteiger partial charge in [0.2, 0.25) is 0 Å². The molecule has 1 atom stereocenters. The summed E-state index contributed by atoms with van der Waals surface area (Å²) in [5.41, 5.74) is 2.40. The second kappa shape index (κ2) is 9.43. The number of pyridine rings is 1. The first kappa shape index (κ1) is 18.5. The van der Waals surface area contributed by atoms with Crippen LogP contribution in [0.3, 0.4) is 0 Å². The van der Waals surface area contributed by atoms with Gasteiger partial charge in [-0.2, -0.15) is 0 Å². The summed E-state index contributed by atoms with van der Waals surface area (Å²) in [5, 5.41) is 9.50. The van der Waals surface area contributed by atoms with Gasteiger partial charge in [-0.25, -0.2) is 0 Å². The highest BCUT2D eigenvalue weighted by Gasteiger charge is 2.28. The Bertz CT molecular complexity index is 708. The summed E-state index contributed by atoms with van der Waals surface area (Å²) < 4.78 is 11.1. The van der Waals surface area contributed by atoms with Crippen molar-refractivity contribution in [2.75, 3.05) is 33.0 Å². The predicted octanol–water partition coefficient (Wildman–Crippen LogP) is 1.67. The number of ether oxygens (including phenoxy) is 2. The molecule has 1 N–H and O–H groups in total. The molecule has 1 fully saturated rings. The molecular weight excluding hydrogens is 332 g/mol. The Balaban J connectivity index is 1.61. The van der Waals surface area contributed by atoms with Crippen molar-refractivity contribution in [3.8, 4) is 0 Å². The molecule has 138 valence electrons. The Morgan fingerprint density at radius 1 is 1.27 bits per heavy atom. The maximum absolute atomic E-state index is 12.9. The number of amides is 1. The molecule has 3 rings (SSSR count). The Labute approximate surface area is 153 Å². The first-order valence-electron chi connectivity index (χ1n) is 8.84. The lowest BCUT2D eigenvalue weighted by atomic mass is 10.1. The van der Waals surface area contributed by atoms with Crippen LogP contribution in [-0.4, -0.2) is 59.9 Å². The normalized spacial score (nSPS) is 17.3. The van der Waals surface area contributed by atoms with E-state index in [9.17, 15) is 9.90 Å². The lowest BCUT2D eigenvalue weighted by Crippen LogP contribution is -2.50. The summed E-state index contributed by atoms with van der Waals surface area (Å²) in [4.78, 5) is 19.0. The van der Waals surface area contributed by atoms with E-state index in [1.54, 1.807) is 23.2 Å². The summed E-state index contributed by atoms with van der Waals surface area (Å²) in [6, 6.07) is 13.2. The number of rotatable bonds is 7. The number of aliphatic hydroxyl groups is 1. The van der Waals surface area contributed by atoms with Crippen LogP contribution in [0.2, 0.25) is 0 Å². The van der Waals surface area contributed by atoms with E-state index in [-0.39, 0.29) is 18.6 Å². The smallest absolute Gasteiger partial charge is 0.256 e. The Morgan fingerprint density at radius 3 is 2.92 bits per heavy atom. The molecule has 1 saturated heterocycles. The molecule has 1 aliphatic heterocycles. The van der Waals surface area contributed by atoms with Crippen LogP contribution in [-0.2, 0) is 22.5 Å². The lowest BCUT2D eigenvalue weighted by Gasteiger charge is -2.34. The average molecular weight is 356 g/mol. The number of morpholine rings is 1. The fraction of sp³-hybridized carbons (Fsp3) is 0.400. The molecule has 6 nitrogen and oxygen atoms in total. The molecule has 1 aliphatic rings. The Morgan fingerprint density at radius 2 is 2.12 bits per heavy atom. The molecule has 0 aliphatic carbocycles. The molecule has 6 heteroatoms. The second-order valence-electron chi connectivity index (χ2n) is 6.20. The van der Waals surface area contributed by atoms with Gasteiger partial charge in [0.05, 0.1) is 50.3 Å². The minimum atomic E-state index is -0.307. The highest BCUT2D eigenvalue weighted by Crippen LogP contribution is 2.15. The molecule has 1 amide bonds. The van der Waals surface area contributed by atoms with Crippen molar-refractivity contribution in [3.63, 3.8) is 0 Å². The molecule has 0 unspecified atom stereocenters. The highest BCUT2D eigenvalue weighted by atomic mass is 16.5. The average Bonchev–Trinajstić information content (AvgIpc) is 2.71. The molecule has 2 aromatic rings. The van der Waals surface area contributed by atoms with E-state index in [1.165, 1.54) is 0 Å². The van der Waals surface area contributed by atoms with Crippen LogP contribution in [0.1, 0.15) is 21.6 Å². The summed E-state index contributed by atoms with van der Waals surface area (Å²) >= 11 is 0. The van der Waals surface area contributed by atoms with Gasteiger partial charge in [-0.3, -0.25) is 9.78 Å². The Kier molecular flexibility index (Phi) is 6.71. The minimum Gasteiger partial charge on any atom is -0.394 e. The largest absolute Gasteiger partial charge is 0.394 e. The molecular formula is C20H24N2O4. The van der Waals surface area contributed by atoms with Crippen molar-refractivity contribution < 1.29 is 19.4 Å². The molecule has 26 heavy (non-hydrogen) atoms. The van der Waals surface area contributed by atoms with Gasteiger partial charge >= 0.3 is 0 Å². The first-order chi connectivity index (χ1) is 12.8. The van der Waals surface area contributed by atoms with Gasteiger partial charge in [-0.05, 0) is 17.7 Å². The third kappa shape index (κ3) is 4.66. The zero-order valence-electron chi connectivity index (χ0n) is 14.7. The van der Waals surface area contributed by atoms with E-state index in [4.69, 9.17) is 9.47 Å². The summed E-state index contributed by atoms with van der Waals surface area (Å²) in [6.45, 7) is 2.23. The quantitative estimate of drug-likeness (QED) is 0.764. The third-order valence-electron chi connectivity index (χ3n) is 4.41. The number of aliphatic hydroxyl groups excluding tert-OH is 1. The van der Waals surface area contributed by atoms with Crippen molar-refractivity contribution in [2.24, 2.45) is 0 Å².